The first-order valence-electron chi connectivity index (χ1n) is 12.1. The summed E-state index contributed by atoms with van der Waals surface area (Å²) in [6, 6.07) is 26.9. The number of para-hydroxylation sites is 1. The Morgan fingerprint density at radius 3 is 2.32 bits per heavy atom. The van der Waals surface area contributed by atoms with Gasteiger partial charge >= 0.3 is 6.09 Å². The minimum Gasteiger partial charge on any atom is -0.446 e. The lowest BCUT2D eigenvalue weighted by atomic mass is 10.0. The van der Waals surface area contributed by atoms with Gasteiger partial charge in [0.15, 0.2) is 0 Å². The van der Waals surface area contributed by atoms with Gasteiger partial charge in [-0.25, -0.2) is 4.79 Å². The molecule has 178 valence electrons. The number of nitrogens with one attached hydrogen (secondary N) is 1. The van der Waals surface area contributed by atoms with Crippen molar-refractivity contribution >= 4 is 11.8 Å². The van der Waals surface area contributed by atoms with Crippen molar-refractivity contribution in [1.82, 2.24) is 4.90 Å². The Hall–Kier alpha value is -3.11. The Kier molecular flexibility index (Phi) is 7.69. The van der Waals surface area contributed by atoms with Gasteiger partial charge in [0.2, 0.25) is 0 Å². The third kappa shape index (κ3) is 5.51. The molecule has 2 fully saturated rings. The van der Waals surface area contributed by atoms with Crippen molar-refractivity contribution in [1.29, 1.82) is 0 Å². The number of anilines is 1. The maximum atomic E-state index is 12.7. The fourth-order valence-electron chi connectivity index (χ4n) is 5.53. The molecule has 0 bridgehead atoms. The van der Waals surface area contributed by atoms with Crippen LogP contribution in [0.25, 0.3) is 11.1 Å². The van der Waals surface area contributed by atoms with Crippen molar-refractivity contribution in [3.8, 4) is 11.1 Å². The fourth-order valence-corrected chi connectivity index (χ4v) is 5.53. The van der Waals surface area contributed by atoms with Crippen LogP contribution in [0.15, 0.2) is 78.9 Å². The van der Waals surface area contributed by atoms with Crippen molar-refractivity contribution in [3.63, 3.8) is 0 Å². The molecule has 0 spiro atoms. The lowest BCUT2D eigenvalue weighted by Crippen LogP contribution is -2.25. The van der Waals surface area contributed by atoms with E-state index in [0.29, 0.717) is 11.8 Å². The Morgan fingerprint density at radius 2 is 1.59 bits per heavy atom. The van der Waals surface area contributed by atoms with Gasteiger partial charge in [-0.1, -0.05) is 87.1 Å². The highest BCUT2D eigenvalue weighted by Crippen LogP contribution is 2.40. The molecule has 3 aromatic carbocycles. The molecule has 1 N–H and O–H groups in total. The maximum Gasteiger partial charge on any atom is 0.411 e. The first-order chi connectivity index (χ1) is 16.2. The first kappa shape index (κ1) is 24.0. The summed E-state index contributed by atoms with van der Waals surface area (Å²) in [5.74, 6) is 1.24. The summed E-state index contributed by atoms with van der Waals surface area (Å²) in [5.41, 5.74) is 5.67. The van der Waals surface area contributed by atoms with Crippen LogP contribution in [-0.4, -0.2) is 30.2 Å². The van der Waals surface area contributed by atoms with Gasteiger partial charge in [-0.2, -0.15) is 0 Å². The summed E-state index contributed by atoms with van der Waals surface area (Å²) in [6.45, 7) is 5.41. The molecule has 3 aromatic rings. The van der Waals surface area contributed by atoms with Crippen LogP contribution in [0.5, 0.6) is 0 Å². The quantitative estimate of drug-likeness (QED) is 0.434. The smallest absolute Gasteiger partial charge is 0.411 e. The van der Waals surface area contributed by atoms with E-state index in [-0.39, 0.29) is 19.6 Å². The monoisotopic (exact) mass is 456 g/mol. The fraction of sp³-hybridized carbons (Fsp3) is 0.367. The summed E-state index contributed by atoms with van der Waals surface area (Å²) in [6.07, 6.45) is 2.66. The van der Waals surface area contributed by atoms with Gasteiger partial charge < -0.3 is 4.74 Å². The van der Waals surface area contributed by atoms with E-state index in [1.807, 2.05) is 54.6 Å². The second kappa shape index (κ2) is 10.9. The number of nitrogens with zero attached hydrogens (tertiary/aromatic N) is 1. The van der Waals surface area contributed by atoms with Crippen molar-refractivity contribution in [2.24, 2.45) is 11.8 Å². The standard InChI is InChI=1S/C29H32N2O2.CH4/c1-2-21-9-8-10-22(15-21)18-31-19-24-16-26(17-25(24)20-31)33-29(32)30-28-14-7-6-13-27(28)23-11-4-3-5-12-23;/h3-15,24-26H,2,16-20H2,1H3,(H,30,32);1H4. The molecule has 5 rings (SSSR count). The van der Waals surface area contributed by atoms with Crippen LogP contribution in [0.4, 0.5) is 10.5 Å². The predicted molar refractivity (Wildman–Crippen MR) is 140 cm³/mol. The number of benzene rings is 3. The number of amides is 1. The minimum atomic E-state index is -0.350. The Balaban J connectivity index is 0.00000274. The lowest BCUT2D eigenvalue weighted by molar-refractivity contribution is 0.105. The zero-order chi connectivity index (χ0) is 22.6. The third-order valence-corrected chi connectivity index (χ3v) is 7.11. The van der Waals surface area contributed by atoms with E-state index >= 15 is 0 Å². The van der Waals surface area contributed by atoms with Crippen LogP contribution in [0.3, 0.4) is 0 Å². The summed E-state index contributed by atoms with van der Waals surface area (Å²) in [7, 11) is 0. The number of hydrogen-bond donors (Lipinski definition) is 1. The van der Waals surface area contributed by atoms with E-state index in [0.717, 1.165) is 55.7 Å². The van der Waals surface area contributed by atoms with E-state index in [2.05, 4.69) is 41.4 Å². The van der Waals surface area contributed by atoms with Crippen molar-refractivity contribution in [2.45, 2.75) is 46.3 Å². The molecule has 2 aliphatic rings. The van der Waals surface area contributed by atoms with Gasteiger partial charge in [0.05, 0.1) is 5.69 Å². The molecular formula is C30H36N2O2. The maximum absolute atomic E-state index is 12.7. The predicted octanol–water partition coefficient (Wildman–Crippen LogP) is 7.01. The molecule has 2 unspecified atom stereocenters. The number of aryl methyl sites for hydroxylation is 1. The summed E-state index contributed by atoms with van der Waals surface area (Å²) >= 11 is 0. The van der Waals surface area contributed by atoms with Crippen molar-refractivity contribution < 1.29 is 9.53 Å². The molecule has 1 heterocycles. The van der Waals surface area contributed by atoms with Gasteiger partial charge in [0.25, 0.3) is 0 Å². The summed E-state index contributed by atoms with van der Waals surface area (Å²) < 4.78 is 5.86. The lowest BCUT2D eigenvalue weighted by Gasteiger charge is -2.20. The topological polar surface area (TPSA) is 41.6 Å². The highest BCUT2D eigenvalue weighted by molar-refractivity contribution is 5.91. The normalized spacial score (nSPS) is 21.5. The third-order valence-electron chi connectivity index (χ3n) is 7.11. The van der Waals surface area contributed by atoms with Crippen LogP contribution < -0.4 is 5.32 Å². The molecule has 1 amide bonds. The molecule has 1 saturated heterocycles. The summed E-state index contributed by atoms with van der Waals surface area (Å²) in [4.78, 5) is 15.3. The van der Waals surface area contributed by atoms with Gasteiger partial charge in [0, 0.05) is 25.2 Å². The molecule has 0 aromatic heterocycles. The molecule has 4 heteroatoms. The van der Waals surface area contributed by atoms with Crippen LogP contribution in [0, 0.1) is 11.8 Å². The molecule has 0 radical (unpaired) electrons. The van der Waals surface area contributed by atoms with Crippen molar-refractivity contribution in [3.05, 3.63) is 90.0 Å². The molecule has 34 heavy (non-hydrogen) atoms. The van der Waals surface area contributed by atoms with E-state index < -0.39 is 0 Å². The first-order valence-corrected chi connectivity index (χ1v) is 12.1. The van der Waals surface area contributed by atoms with E-state index in [1.165, 1.54) is 11.1 Å². The zero-order valence-electron chi connectivity index (χ0n) is 19.2. The second-order valence-corrected chi connectivity index (χ2v) is 9.42. The summed E-state index contributed by atoms with van der Waals surface area (Å²) in [5, 5.41) is 2.98. The largest absolute Gasteiger partial charge is 0.446 e. The number of carbonyl (C=O) groups excluding carboxylic acids is 1. The molecule has 2 atom stereocenters. The average molecular weight is 457 g/mol. The Bertz CT molecular complexity index is 1080. The number of carbonyl (C=O) groups is 1. The molecule has 1 saturated carbocycles. The van der Waals surface area contributed by atoms with Crippen LogP contribution in [-0.2, 0) is 17.7 Å². The van der Waals surface area contributed by atoms with Crippen LogP contribution in [0.1, 0.15) is 38.3 Å². The molecular weight excluding hydrogens is 420 g/mol. The van der Waals surface area contributed by atoms with E-state index in [4.69, 9.17) is 4.74 Å². The molecule has 1 aliphatic carbocycles. The molecule has 4 nitrogen and oxygen atoms in total. The number of likely N-dealkylation sites (tertiary alicyclic amines) is 1. The van der Waals surface area contributed by atoms with Gasteiger partial charge in [-0.3, -0.25) is 10.2 Å². The zero-order valence-corrected chi connectivity index (χ0v) is 19.2. The van der Waals surface area contributed by atoms with Crippen LogP contribution >= 0.6 is 0 Å². The Labute approximate surface area is 204 Å². The minimum absolute atomic E-state index is 0. The Morgan fingerprint density at radius 1 is 0.912 bits per heavy atom. The second-order valence-electron chi connectivity index (χ2n) is 9.42. The highest BCUT2D eigenvalue weighted by atomic mass is 16.6. The average Bonchev–Trinajstić information content (AvgIpc) is 3.37. The SMILES string of the molecule is C.CCc1cccc(CN2CC3CC(OC(=O)Nc4ccccc4-c4ccccc4)CC3C2)c1. The number of fused-ring (bicyclic) bond motifs is 1. The van der Waals surface area contributed by atoms with E-state index in [9.17, 15) is 4.79 Å². The van der Waals surface area contributed by atoms with Crippen molar-refractivity contribution in [2.75, 3.05) is 18.4 Å². The van der Waals surface area contributed by atoms with E-state index in [1.54, 1.807) is 0 Å². The molecule has 1 aliphatic heterocycles. The highest BCUT2D eigenvalue weighted by Gasteiger charge is 2.42. The number of ether oxygens (including phenoxy) is 1. The van der Waals surface area contributed by atoms with Gasteiger partial charge in [-0.15, -0.1) is 0 Å². The van der Waals surface area contributed by atoms with Crippen LogP contribution in [0.2, 0.25) is 0 Å². The van der Waals surface area contributed by atoms with Gasteiger partial charge in [-0.05, 0) is 53.9 Å². The van der Waals surface area contributed by atoms with Gasteiger partial charge in [0.1, 0.15) is 6.10 Å². The number of hydrogen-bond acceptors (Lipinski definition) is 3. The number of rotatable bonds is 6.